The minimum Gasteiger partial charge on any atom is -0.319 e. The molecular weight excluding hydrogens is 214 g/mol. The van der Waals surface area contributed by atoms with E-state index in [2.05, 4.69) is 36.6 Å². The van der Waals surface area contributed by atoms with E-state index in [0.717, 1.165) is 12.5 Å². The zero-order valence-corrected chi connectivity index (χ0v) is 10.4. The van der Waals surface area contributed by atoms with Crippen LogP contribution in [0.4, 0.5) is 0 Å². The van der Waals surface area contributed by atoms with Crippen LogP contribution < -0.4 is 5.32 Å². The number of likely N-dealkylation sites (N-methyl/N-ethyl adjacent to an activating group) is 1. The molecule has 0 saturated carbocycles. The quantitative estimate of drug-likeness (QED) is 0.833. The van der Waals surface area contributed by atoms with Gasteiger partial charge in [-0.3, -0.25) is 0 Å². The highest BCUT2D eigenvalue weighted by atomic mass is 32.1. The van der Waals surface area contributed by atoms with E-state index in [1.807, 2.05) is 11.3 Å². The maximum absolute atomic E-state index is 3.33. The Balaban J connectivity index is 2.13. The zero-order valence-electron chi connectivity index (χ0n) is 9.62. The molecule has 16 heavy (non-hydrogen) atoms. The van der Waals surface area contributed by atoms with Crippen molar-refractivity contribution in [2.75, 3.05) is 13.6 Å². The smallest absolute Gasteiger partial charge is 0.0348 e. The monoisotopic (exact) mass is 231 g/mol. The first kappa shape index (κ1) is 10.3. The fraction of sp³-hybridized carbons (Fsp3) is 0.429. The number of aryl methyl sites for hydroxylation is 1. The van der Waals surface area contributed by atoms with Gasteiger partial charge in [-0.25, -0.2) is 0 Å². The van der Waals surface area contributed by atoms with Crippen molar-refractivity contribution < 1.29 is 0 Å². The lowest BCUT2D eigenvalue weighted by Crippen LogP contribution is -2.19. The molecule has 0 amide bonds. The Morgan fingerprint density at radius 3 is 3.12 bits per heavy atom. The molecule has 1 aliphatic carbocycles. The summed E-state index contributed by atoms with van der Waals surface area (Å²) in [6.45, 7) is 1.12. The van der Waals surface area contributed by atoms with Crippen molar-refractivity contribution >= 4 is 21.4 Å². The lowest BCUT2D eigenvalue weighted by molar-refractivity contribution is 0.540. The lowest BCUT2D eigenvalue weighted by atomic mass is 9.88. The van der Waals surface area contributed by atoms with Crippen molar-refractivity contribution in [2.24, 2.45) is 0 Å². The summed E-state index contributed by atoms with van der Waals surface area (Å²) in [5.41, 5.74) is 1.63. The topological polar surface area (TPSA) is 12.0 Å². The molecule has 2 aromatic rings. The third-order valence-corrected chi connectivity index (χ3v) is 4.91. The van der Waals surface area contributed by atoms with Crippen LogP contribution in [0.25, 0.3) is 10.1 Å². The molecule has 0 aliphatic heterocycles. The number of fused-ring (bicyclic) bond motifs is 3. The van der Waals surface area contributed by atoms with Gasteiger partial charge in [-0.2, -0.15) is 0 Å². The van der Waals surface area contributed by atoms with Gasteiger partial charge in [0, 0.05) is 22.0 Å². The second-order valence-corrected chi connectivity index (χ2v) is 5.67. The van der Waals surface area contributed by atoms with Gasteiger partial charge in [-0.15, -0.1) is 11.3 Å². The average molecular weight is 231 g/mol. The van der Waals surface area contributed by atoms with Crippen LogP contribution in [0.15, 0.2) is 24.3 Å². The molecule has 0 fully saturated rings. The van der Waals surface area contributed by atoms with Crippen LogP contribution in [-0.4, -0.2) is 13.6 Å². The molecule has 0 radical (unpaired) electrons. The van der Waals surface area contributed by atoms with Crippen LogP contribution in [0.5, 0.6) is 0 Å². The third kappa shape index (κ3) is 1.57. The lowest BCUT2D eigenvalue weighted by Gasteiger charge is -2.22. The summed E-state index contributed by atoms with van der Waals surface area (Å²) in [5.74, 6) is 0.742. The Hall–Kier alpha value is -0.860. The first-order chi connectivity index (χ1) is 7.90. The molecule has 84 valence electrons. The SMILES string of the molecule is CNCC1CCCc2c1sc1ccccc21. The van der Waals surface area contributed by atoms with Gasteiger partial charge in [-0.1, -0.05) is 18.2 Å². The number of rotatable bonds is 2. The summed E-state index contributed by atoms with van der Waals surface area (Å²) >= 11 is 2.01. The minimum atomic E-state index is 0.742. The van der Waals surface area contributed by atoms with Crippen LogP contribution in [0, 0.1) is 0 Å². The summed E-state index contributed by atoms with van der Waals surface area (Å²) in [6, 6.07) is 8.86. The summed E-state index contributed by atoms with van der Waals surface area (Å²) in [7, 11) is 2.06. The van der Waals surface area contributed by atoms with Gasteiger partial charge in [0.15, 0.2) is 0 Å². The first-order valence-electron chi connectivity index (χ1n) is 6.05. The predicted octanol–water partition coefficient (Wildman–Crippen LogP) is 3.54. The van der Waals surface area contributed by atoms with Crippen LogP contribution >= 0.6 is 11.3 Å². The second kappa shape index (κ2) is 4.19. The van der Waals surface area contributed by atoms with E-state index in [4.69, 9.17) is 0 Å². The van der Waals surface area contributed by atoms with Gasteiger partial charge in [0.25, 0.3) is 0 Å². The normalized spacial score (nSPS) is 19.9. The molecule has 1 aromatic heterocycles. The highest BCUT2D eigenvalue weighted by Gasteiger charge is 2.23. The average Bonchev–Trinajstić information content (AvgIpc) is 2.69. The first-order valence-corrected chi connectivity index (χ1v) is 6.86. The minimum absolute atomic E-state index is 0.742. The maximum atomic E-state index is 3.33. The number of hydrogen-bond acceptors (Lipinski definition) is 2. The van der Waals surface area contributed by atoms with E-state index in [0.29, 0.717) is 0 Å². The van der Waals surface area contributed by atoms with E-state index in [1.54, 1.807) is 10.4 Å². The van der Waals surface area contributed by atoms with E-state index >= 15 is 0 Å². The summed E-state index contributed by atoms with van der Waals surface area (Å²) in [6.07, 6.45) is 3.97. The van der Waals surface area contributed by atoms with Crippen molar-refractivity contribution in [3.05, 3.63) is 34.7 Å². The molecule has 1 atom stereocenters. The molecule has 1 unspecified atom stereocenters. The molecule has 1 aromatic carbocycles. The number of thiophene rings is 1. The number of nitrogens with one attached hydrogen (secondary N) is 1. The molecule has 0 spiro atoms. The highest BCUT2D eigenvalue weighted by Crippen LogP contribution is 2.41. The second-order valence-electron chi connectivity index (χ2n) is 4.59. The summed E-state index contributed by atoms with van der Waals surface area (Å²) < 4.78 is 1.47. The Kier molecular flexibility index (Phi) is 2.70. The van der Waals surface area contributed by atoms with Gasteiger partial charge in [0.2, 0.25) is 0 Å². The Bertz CT molecular complexity index is 500. The number of hydrogen-bond donors (Lipinski definition) is 1. The zero-order chi connectivity index (χ0) is 11.0. The summed E-state index contributed by atoms with van der Waals surface area (Å²) in [4.78, 5) is 1.64. The van der Waals surface area contributed by atoms with Gasteiger partial charge in [0.05, 0.1) is 0 Å². The van der Waals surface area contributed by atoms with Crippen molar-refractivity contribution in [1.82, 2.24) is 5.32 Å². The fourth-order valence-electron chi connectivity index (χ4n) is 2.80. The molecule has 2 heteroatoms. The van der Waals surface area contributed by atoms with E-state index in [-0.39, 0.29) is 0 Å². The van der Waals surface area contributed by atoms with Crippen LogP contribution in [0.1, 0.15) is 29.2 Å². The Morgan fingerprint density at radius 1 is 1.38 bits per heavy atom. The van der Waals surface area contributed by atoms with Crippen molar-refractivity contribution in [3.8, 4) is 0 Å². The molecule has 1 heterocycles. The predicted molar refractivity (Wildman–Crippen MR) is 71.4 cm³/mol. The van der Waals surface area contributed by atoms with Gasteiger partial charge < -0.3 is 5.32 Å². The molecule has 3 rings (SSSR count). The van der Waals surface area contributed by atoms with Crippen molar-refractivity contribution in [2.45, 2.75) is 25.2 Å². The molecule has 0 bridgehead atoms. The Labute approximate surface area is 100 Å². The highest BCUT2D eigenvalue weighted by molar-refractivity contribution is 7.19. The van der Waals surface area contributed by atoms with E-state index < -0.39 is 0 Å². The van der Waals surface area contributed by atoms with E-state index in [9.17, 15) is 0 Å². The molecular formula is C14H17NS. The van der Waals surface area contributed by atoms with Gasteiger partial charge in [0.1, 0.15) is 0 Å². The number of benzene rings is 1. The Morgan fingerprint density at radius 2 is 2.25 bits per heavy atom. The van der Waals surface area contributed by atoms with E-state index in [1.165, 1.54) is 29.3 Å². The van der Waals surface area contributed by atoms with Crippen LogP contribution in [-0.2, 0) is 6.42 Å². The molecule has 0 saturated heterocycles. The molecule has 1 aliphatic rings. The van der Waals surface area contributed by atoms with Gasteiger partial charge >= 0.3 is 0 Å². The largest absolute Gasteiger partial charge is 0.319 e. The van der Waals surface area contributed by atoms with Crippen molar-refractivity contribution in [3.63, 3.8) is 0 Å². The van der Waals surface area contributed by atoms with Crippen LogP contribution in [0.3, 0.4) is 0 Å². The third-order valence-electron chi connectivity index (χ3n) is 3.53. The van der Waals surface area contributed by atoms with Gasteiger partial charge in [-0.05, 0) is 43.3 Å². The standard InChI is InChI=1S/C14H17NS/c1-15-9-10-5-4-7-12-11-6-2-3-8-13(11)16-14(10)12/h2-3,6,8,10,15H,4-5,7,9H2,1H3. The molecule has 1 N–H and O–H groups in total. The van der Waals surface area contributed by atoms with Crippen molar-refractivity contribution in [1.29, 1.82) is 0 Å². The fourth-order valence-corrected chi connectivity index (χ4v) is 4.19. The summed E-state index contributed by atoms with van der Waals surface area (Å²) in [5, 5.41) is 4.83. The van der Waals surface area contributed by atoms with Crippen LogP contribution in [0.2, 0.25) is 0 Å². The molecule has 1 nitrogen and oxygen atoms in total. The maximum Gasteiger partial charge on any atom is 0.0348 e.